The van der Waals surface area contributed by atoms with Crippen LogP contribution < -0.4 is 10.7 Å². The van der Waals surface area contributed by atoms with Gasteiger partial charge >= 0.3 is 0 Å². The number of likely N-dealkylation sites (N-methyl/N-ethyl adjacent to an activating group) is 1. The number of rotatable bonds is 7. The minimum Gasteiger partial charge on any atom is -0.389 e. The summed E-state index contributed by atoms with van der Waals surface area (Å²) in [6.45, 7) is 10.8. The normalized spacial score (nSPS) is 12.2. The maximum absolute atomic E-state index is 13.1. The van der Waals surface area contributed by atoms with Gasteiger partial charge in [0.25, 0.3) is 0 Å². The van der Waals surface area contributed by atoms with Crippen LogP contribution in [0.25, 0.3) is 20.2 Å². The van der Waals surface area contributed by atoms with Crippen LogP contribution in [0.15, 0.2) is 41.2 Å². The van der Waals surface area contributed by atoms with E-state index in [1.165, 1.54) is 0 Å². The fraction of sp³-hybridized carbons (Fsp3) is 0.409. The average Bonchev–Trinajstić information content (AvgIpc) is 2.62. The lowest BCUT2D eigenvalue weighted by molar-refractivity contribution is 0.0392. The molecule has 144 valence electrons. The van der Waals surface area contributed by atoms with E-state index in [4.69, 9.17) is 0 Å². The van der Waals surface area contributed by atoms with Crippen molar-refractivity contribution in [3.63, 3.8) is 0 Å². The van der Waals surface area contributed by atoms with Crippen LogP contribution in [0.3, 0.4) is 0 Å². The predicted molar refractivity (Wildman–Crippen MR) is 117 cm³/mol. The Hall–Kier alpha value is -1.95. The monoisotopic (exact) mass is 384 g/mol. The molecule has 0 fully saturated rings. The van der Waals surface area contributed by atoms with Crippen LogP contribution in [0.5, 0.6) is 0 Å². The van der Waals surface area contributed by atoms with E-state index >= 15 is 0 Å². The number of fused-ring (bicyclic) bond motifs is 2. The fourth-order valence-electron chi connectivity index (χ4n) is 3.42. The molecule has 0 atom stereocenters. The van der Waals surface area contributed by atoms with Crippen molar-refractivity contribution in [1.82, 2.24) is 4.90 Å². The topological polar surface area (TPSA) is 52.6 Å². The van der Waals surface area contributed by atoms with Crippen molar-refractivity contribution in [3.05, 3.63) is 52.2 Å². The van der Waals surface area contributed by atoms with Crippen LogP contribution >= 0.6 is 11.3 Å². The van der Waals surface area contributed by atoms with Gasteiger partial charge in [-0.25, -0.2) is 0 Å². The van der Waals surface area contributed by atoms with E-state index in [-0.39, 0.29) is 5.43 Å². The van der Waals surface area contributed by atoms with Gasteiger partial charge in [0.1, 0.15) is 0 Å². The summed E-state index contributed by atoms with van der Waals surface area (Å²) < 4.78 is 2.07. The molecule has 27 heavy (non-hydrogen) atoms. The van der Waals surface area contributed by atoms with Gasteiger partial charge in [-0.3, -0.25) is 9.69 Å². The van der Waals surface area contributed by atoms with Gasteiger partial charge in [0, 0.05) is 40.1 Å². The lowest BCUT2D eigenvalue weighted by Gasteiger charge is -2.28. The van der Waals surface area contributed by atoms with Gasteiger partial charge < -0.3 is 10.4 Å². The van der Waals surface area contributed by atoms with E-state index in [9.17, 15) is 9.90 Å². The third kappa shape index (κ3) is 4.49. The minimum absolute atomic E-state index is 0.0920. The summed E-state index contributed by atoms with van der Waals surface area (Å²) in [5.41, 5.74) is 1.40. The van der Waals surface area contributed by atoms with Gasteiger partial charge in [0.15, 0.2) is 5.43 Å². The summed E-state index contributed by atoms with van der Waals surface area (Å²) in [5, 5.41) is 15.1. The molecule has 0 bridgehead atoms. The van der Waals surface area contributed by atoms with E-state index in [2.05, 4.69) is 30.1 Å². The van der Waals surface area contributed by atoms with Crippen molar-refractivity contribution >= 4 is 37.2 Å². The first kappa shape index (κ1) is 19.8. The van der Waals surface area contributed by atoms with Crippen molar-refractivity contribution in [3.8, 4) is 0 Å². The Bertz CT molecular complexity index is 1000. The van der Waals surface area contributed by atoms with Crippen molar-refractivity contribution in [2.45, 2.75) is 33.3 Å². The molecule has 0 radical (unpaired) electrons. The molecule has 0 aliphatic rings. The highest BCUT2D eigenvalue weighted by Gasteiger charge is 2.17. The van der Waals surface area contributed by atoms with Crippen molar-refractivity contribution < 1.29 is 5.11 Å². The molecule has 2 aromatic carbocycles. The zero-order valence-electron chi connectivity index (χ0n) is 16.5. The molecule has 0 aliphatic heterocycles. The first-order chi connectivity index (χ1) is 12.8. The van der Waals surface area contributed by atoms with Crippen LogP contribution in [0, 0.1) is 6.92 Å². The molecule has 0 unspecified atom stereocenters. The number of nitrogens with zero attached hydrogens (tertiary/aromatic N) is 1. The Balaban J connectivity index is 1.90. The van der Waals surface area contributed by atoms with Crippen molar-refractivity contribution in [2.24, 2.45) is 0 Å². The second kappa shape index (κ2) is 7.97. The number of anilines is 1. The van der Waals surface area contributed by atoms with Gasteiger partial charge in [-0.1, -0.05) is 25.1 Å². The zero-order chi connectivity index (χ0) is 19.6. The molecule has 0 aliphatic carbocycles. The fourth-order valence-corrected chi connectivity index (χ4v) is 4.59. The summed E-state index contributed by atoms with van der Waals surface area (Å²) >= 11 is 1.67. The van der Waals surface area contributed by atoms with E-state index in [1.54, 1.807) is 11.3 Å². The van der Waals surface area contributed by atoms with Crippen LogP contribution in [0.1, 0.15) is 26.3 Å². The lowest BCUT2D eigenvalue weighted by atomic mass is 10.1. The molecule has 1 aromatic heterocycles. The summed E-state index contributed by atoms with van der Waals surface area (Å²) in [4.78, 5) is 15.3. The molecule has 3 aromatic rings. The zero-order valence-corrected chi connectivity index (χ0v) is 17.3. The summed E-state index contributed by atoms with van der Waals surface area (Å²) in [7, 11) is 0. The molecule has 1 heterocycles. The first-order valence-electron chi connectivity index (χ1n) is 9.44. The molecule has 0 spiro atoms. The molecule has 5 heteroatoms. The van der Waals surface area contributed by atoms with E-state index in [0.717, 1.165) is 51.1 Å². The summed E-state index contributed by atoms with van der Waals surface area (Å²) in [6.07, 6.45) is 0. The number of benzene rings is 2. The molecule has 3 rings (SSSR count). The number of aliphatic hydroxyl groups is 1. The van der Waals surface area contributed by atoms with Gasteiger partial charge in [-0.2, -0.15) is 0 Å². The maximum atomic E-state index is 13.1. The molecule has 0 saturated heterocycles. The van der Waals surface area contributed by atoms with Gasteiger partial charge in [-0.15, -0.1) is 11.3 Å². The van der Waals surface area contributed by atoms with E-state index in [0.29, 0.717) is 6.54 Å². The molecular formula is C22H28N2O2S. The Morgan fingerprint density at radius 2 is 1.93 bits per heavy atom. The SMILES string of the molecule is CCN(CCNc1ccc(C)c2sc3ccccc3c(=O)c12)CC(C)(C)O. The van der Waals surface area contributed by atoms with Gasteiger partial charge in [0.05, 0.1) is 11.0 Å². The second-order valence-electron chi connectivity index (χ2n) is 7.67. The lowest BCUT2D eigenvalue weighted by Crippen LogP contribution is -2.40. The maximum Gasteiger partial charge on any atom is 0.197 e. The minimum atomic E-state index is -0.713. The van der Waals surface area contributed by atoms with E-state index < -0.39 is 5.60 Å². The molecule has 0 saturated carbocycles. The summed E-state index contributed by atoms with van der Waals surface area (Å²) in [5.74, 6) is 0. The van der Waals surface area contributed by atoms with Gasteiger partial charge in [0.2, 0.25) is 0 Å². The first-order valence-corrected chi connectivity index (χ1v) is 10.3. The van der Waals surface area contributed by atoms with Crippen LogP contribution in [-0.2, 0) is 0 Å². The molecule has 4 nitrogen and oxygen atoms in total. The van der Waals surface area contributed by atoms with E-state index in [1.807, 2.05) is 44.2 Å². The Morgan fingerprint density at radius 1 is 1.19 bits per heavy atom. The third-order valence-corrected chi connectivity index (χ3v) is 6.03. The highest BCUT2D eigenvalue weighted by Crippen LogP contribution is 2.31. The summed E-state index contributed by atoms with van der Waals surface area (Å²) in [6, 6.07) is 11.9. The van der Waals surface area contributed by atoms with Crippen LogP contribution in [-0.4, -0.2) is 41.8 Å². The van der Waals surface area contributed by atoms with Crippen molar-refractivity contribution in [1.29, 1.82) is 0 Å². The van der Waals surface area contributed by atoms with Crippen LogP contribution in [0.4, 0.5) is 5.69 Å². The molecule has 2 N–H and O–H groups in total. The highest BCUT2D eigenvalue weighted by molar-refractivity contribution is 7.24. The number of hydrogen-bond acceptors (Lipinski definition) is 5. The Labute approximate surface area is 164 Å². The van der Waals surface area contributed by atoms with Gasteiger partial charge in [-0.05, 0) is 51.1 Å². The number of hydrogen-bond donors (Lipinski definition) is 2. The van der Waals surface area contributed by atoms with Crippen LogP contribution in [0.2, 0.25) is 0 Å². The highest BCUT2D eigenvalue weighted by atomic mass is 32.1. The Morgan fingerprint density at radius 3 is 2.63 bits per heavy atom. The number of nitrogens with one attached hydrogen (secondary N) is 1. The Kier molecular flexibility index (Phi) is 5.84. The number of aryl methyl sites for hydroxylation is 1. The standard InChI is InChI=1S/C22H28N2O2S/c1-5-24(14-22(3,4)26)13-12-23-17-11-10-15(2)21-19(17)20(25)16-8-6-7-9-18(16)27-21/h6-11,23,26H,5,12-14H2,1-4H3. The largest absolute Gasteiger partial charge is 0.389 e. The second-order valence-corrected chi connectivity index (χ2v) is 8.72. The average molecular weight is 385 g/mol. The molecular weight excluding hydrogens is 356 g/mol. The third-order valence-electron chi connectivity index (χ3n) is 4.73. The predicted octanol–water partition coefficient (Wildman–Crippen LogP) is 4.23. The quantitative estimate of drug-likeness (QED) is 0.599. The van der Waals surface area contributed by atoms with Crippen molar-refractivity contribution in [2.75, 3.05) is 31.5 Å². The molecule has 0 amide bonds. The smallest absolute Gasteiger partial charge is 0.197 e.